The predicted octanol–water partition coefficient (Wildman–Crippen LogP) is 2.74. The van der Waals surface area contributed by atoms with Gasteiger partial charge < -0.3 is 19.5 Å². The van der Waals surface area contributed by atoms with Crippen LogP contribution >= 0.6 is 0 Å². The van der Waals surface area contributed by atoms with E-state index in [4.69, 9.17) is 9.47 Å². The van der Waals surface area contributed by atoms with Gasteiger partial charge in [-0.3, -0.25) is 4.79 Å². The van der Waals surface area contributed by atoms with E-state index in [1.54, 1.807) is 6.07 Å². The molecular weight excluding hydrogens is 322 g/mol. The Balaban J connectivity index is 1.59. The Morgan fingerprint density at radius 2 is 1.96 bits per heavy atom. The highest BCUT2D eigenvalue weighted by molar-refractivity contribution is 5.94. The third kappa shape index (κ3) is 3.89. The average Bonchev–Trinajstić information content (AvgIpc) is 2.65. The van der Waals surface area contributed by atoms with Crippen molar-refractivity contribution in [1.29, 1.82) is 0 Å². The third-order valence-electron chi connectivity index (χ3n) is 5.32. The molecule has 6 nitrogen and oxygen atoms in total. The summed E-state index contributed by atoms with van der Waals surface area (Å²) in [6.45, 7) is 0.457. The molecule has 0 spiro atoms. The van der Waals surface area contributed by atoms with E-state index in [2.05, 4.69) is 0 Å². The van der Waals surface area contributed by atoms with E-state index in [0.717, 1.165) is 25.8 Å². The lowest BCUT2D eigenvalue weighted by molar-refractivity contribution is -0.140. The van der Waals surface area contributed by atoms with Crippen LogP contribution in [0.2, 0.25) is 0 Å². The number of rotatable bonds is 4. The molecule has 1 aliphatic carbocycles. The van der Waals surface area contributed by atoms with Crippen LogP contribution in [-0.4, -0.2) is 48.2 Å². The number of phenolic OH excluding ortho intramolecular Hbond substituents is 1. The highest BCUT2D eigenvalue weighted by Crippen LogP contribution is 2.35. The van der Waals surface area contributed by atoms with Crippen molar-refractivity contribution in [1.82, 2.24) is 4.90 Å². The van der Waals surface area contributed by atoms with E-state index in [1.807, 2.05) is 4.90 Å². The van der Waals surface area contributed by atoms with Crippen LogP contribution < -0.4 is 4.74 Å². The highest BCUT2D eigenvalue weighted by Gasteiger charge is 2.35. The second kappa shape index (κ2) is 7.76. The first-order valence-corrected chi connectivity index (χ1v) is 8.93. The summed E-state index contributed by atoms with van der Waals surface area (Å²) in [5.74, 6) is -0.0275. The summed E-state index contributed by atoms with van der Waals surface area (Å²) in [6, 6.07) is 4.63. The second-order valence-electron chi connectivity index (χ2n) is 6.80. The van der Waals surface area contributed by atoms with Gasteiger partial charge in [0.15, 0.2) is 6.61 Å². The summed E-state index contributed by atoms with van der Waals surface area (Å²) in [6.07, 6.45) is 6.84. The molecule has 0 bridgehead atoms. The van der Waals surface area contributed by atoms with Gasteiger partial charge in [0.25, 0.3) is 5.91 Å². The van der Waals surface area contributed by atoms with Crippen molar-refractivity contribution in [2.45, 2.75) is 44.6 Å². The first-order chi connectivity index (χ1) is 12.1. The number of piperidine rings is 1. The molecule has 1 aromatic carbocycles. The number of carbonyl (C=O) groups is 2. The summed E-state index contributed by atoms with van der Waals surface area (Å²) in [7, 11) is 1.47. The molecule has 6 heteroatoms. The van der Waals surface area contributed by atoms with Crippen molar-refractivity contribution in [2.75, 3.05) is 20.3 Å². The fourth-order valence-electron chi connectivity index (χ4n) is 4.03. The Hall–Kier alpha value is -2.24. The SMILES string of the molecule is COc1ccc(C(=O)OCC(=O)N2CCC[C@H]3CCCC[C@H]32)c(O)c1. The Morgan fingerprint density at radius 1 is 1.20 bits per heavy atom. The summed E-state index contributed by atoms with van der Waals surface area (Å²) in [5.41, 5.74) is 0.0304. The van der Waals surface area contributed by atoms with Crippen molar-refractivity contribution in [2.24, 2.45) is 5.92 Å². The molecule has 1 saturated carbocycles. The van der Waals surface area contributed by atoms with Gasteiger partial charge in [-0.25, -0.2) is 4.79 Å². The maximum absolute atomic E-state index is 12.5. The lowest BCUT2D eigenvalue weighted by Gasteiger charge is -2.44. The highest BCUT2D eigenvalue weighted by atomic mass is 16.5. The lowest BCUT2D eigenvalue weighted by atomic mass is 9.78. The molecule has 2 atom stereocenters. The molecule has 2 fully saturated rings. The summed E-state index contributed by atoms with van der Waals surface area (Å²) in [5, 5.41) is 9.89. The monoisotopic (exact) mass is 347 g/mol. The van der Waals surface area contributed by atoms with Gasteiger partial charge in [-0.15, -0.1) is 0 Å². The summed E-state index contributed by atoms with van der Waals surface area (Å²) in [4.78, 5) is 26.6. The van der Waals surface area contributed by atoms with Gasteiger partial charge in [-0.05, 0) is 43.7 Å². The number of esters is 1. The third-order valence-corrected chi connectivity index (χ3v) is 5.32. The van der Waals surface area contributed by atoms with Crippen LogP contribution in [0.15, 0.2) is 18.2 Å². The molecule has 3 rings (SSSR count). The van der Waals surface area contributed by atoms with Crippen LogP contribution in [0.5, 0.6) is 11.5 Å². The number of benzene rings is 1. The van der Waals surface area contributed by atoms with Gasteiger partial charge in [0, 0.05) is 18.7 Å². The molecule has 1 aliphatic heterocycles. The summed E-state index contributed by atoms with van der Waals surface area (Å²) < 4.78 is 10.1. The van der Waals surface area contributed by atoms with Crippen molar-refractivity contribution >= 4 is 11.9 Å². The predicted molar refractivity (Wildman–Crippen MR) is 91.6 cm³/mol. The summed E-state index contributed by atoms with van der Waals surface area (Å²) >= 11 is 0. The maximum Gasteiger partial charge on any atom is 0.342 e. The molecule has 0 unspecified atom stereocenters. The fraction of sp³-hybridized carbons (Fsp3) is 0.579. The van der Waals surface area contributed by atoms with Crippen LogP contribution in [0.1, 0.15) is 48.9 Å². The minimum absolute atomic E-state index is 0.0304. The van der Waals surface area contributed by atoms with Gasteiger partial charge in [0.05, 0.1) is 7.11 Å². The number of carbonyl (C=O) groups excluding carboxylic acids is 2. The zero-order valence-electron chi connectivity index (χ0n) is 14.6. The topological polar surface area (TPSA) is 76.1 Å². The van der Waals surface area contributed by atoms with Gasteiger partial charge in [-0.1, -0.05) is 12.8 Å². The Labute approximate surface area is 147 Å². The minimum atomic E-state index is -0.703. The molecule has 1 N–H and O–H groups in total. The zero-order chi connectivity index (χ0) is 17.8. The van der Waals surface area contributed by atoms with Gasteiger partial charge in [-0.2, -0.15) is 0 Å². The molecule has 0 aromatic heterocycles. The van der Waals surface area contributed by atoms with Gasteiger partial charge >= 0.3 is 5.97 Å². The zero-order valence-corrected chi connectivity index (χ0v) is 14.6. The van der Waals surface area contributed by atoms with E-state index >= 15 is 0 Å². The van der Waals surface area contributed by atoms with Crippen molar-refractivity contribution in [3.05, 3.63) is 23.8 Å². The average molecular weight is 347 g/mol. The van der Waals surface area contributed by atoms with E-state index in [-0.39, 0.29) is 23.8 Å². The number of ether oxygens (including phenoxy) is 2. The largest absolute Gasteiger partial charge is 0.507 e. The first-order valence-electron chi connectivity index (χ1n) is 8.93. The Kier molecular flexibility index (Phi) is 5.46. The number of likely N-dealkylation sites (tertiary alicyclic amines) is 1. The minimum Gasteiger partial charge on any atom is -0.507 e. The van der Waals surface area contributed by atoms with Crippen molar-refractivity contribution < 1.29 is 24.2 Å². The number of methoxy groups -OCH3 is 1. The van der Waals surface area contributed by atoms with Gasteiger partial charge in [0.1, 0.15) is 17.1 Å². The van der Waals surface area contributed by atoms with Crippen molar-refractivity contribution in [3.8, 4) is 11.5 Å². The van der Waals surface area contributed by atoms with E-state index < -0.39 is 5.97 Å². The van der Waals surface area contributed by atoms with Crippen LogP contribution in [0.25, 0.3) is 0 Å². The fourth-order valence-corrected chi connectivity index (χ4v) is 4.03. The molecule has 1 heterocycles. The number of nitrogens with zero attached hydrogens (tertiary/aromatic N) is 1. The quantitative estimate of drug-likeness (QED) is 0.848. The standard InChI is InChI=1S/C19H25NO5/c1-24-14-8-9-15(17(21)11-14)19(23)25-12-18(22)20-10-4-6-13-5-2-3-7-16(13)20/h8-9,11,13,16,21H,2-7,10,12H2,1H3/t13-,16-/m1/s1. The number of hydrogen-bond acceptors (Lipinski definition) is 5. The number of hydrogen-bond donors (Lipinski definition) is 1. The normalized spacial score (nSPS) is 22.8. The van der Waals surface area contributed by atoms with Crippen LogP contribution in [0.4, 0.5) is 0 Å². The second-order valence-corrected chi connectivity index (χ2v) is 6.80. The number of amides is 1. The smallest absolute Gasteiger partial charge is 0.342 e. The first kappa shape index (κ1) is 17.6. The van der Waals surface area contributed by atoms with E-state index in [1.165, 1.54) is 38.5 Å². The van der Waals surface area contributed by atoms with Crippen molar-refractivity contribution in [3.63, 3.8) is 0 Å². The van der Waals surface area contributed by atoms with Crippen LogP contribution in [-0.2, 0) is 9.53 Å². The molecule has 2 aliphatic rings. The molecule has 1 amide bonds. The molecular formula is C19H25NO5. The Morgan fingerprint density at radius 3 is 2.72 bits per heavy atom. The number of aromatic hydroxyl groups is 1. The van der Waals surface area contributed by atoms with Gasteiger partial charge in [0.2, 0.25) is 0 Å². The number of phenols is 1. The molecule has 1 saturated heterocycles. The Bertz CT molecular complexity index is 643. The van der Waals surface area contributed by atoms with E-state index in [9.17, 15) is 14.7 Å². The van der Waals surface area contributed by atoms with E-state index in [0.29, 0.717) is 17.7 Å². The molecule has 0 radical (unpaired) electrons. The molecule has 1 aromatic rings. The van der Waals surface area contributed by atoms with Crippen LogP contribution in [0.3, 0.4) is 0 Å². The lowest BCUT2D eigenvalue weighted by Crippen LogP contribution is -2.50. The van der Waals surface area contributed by atoms with Crippen LogP contribution in [0, 0.1) is 5.92 Å². The maximum atomic E-state index is 12.5. The number of fused-ring (bicyclic) bond motifs is 1. The molecule has 136 valence electrons. The molecule has 25 heavy (non-hydrogen) atoms.